The molecule has 0 aromatic heterocycles. The van der Waals surface area contributed by atoms with Crippen molar-refractivity contribution in [2.24, 2.45) is 0 Å². The molecular formula is C24H28BrNO3S. The van der Waals surface area contributed by atoms with Gasteiger partial charge >= 0.3 is 0 Å². The molecule has 0 radical (unpaired) electrons. The van der Waals surface area contributed by atoms with E-state index in [1.807, 2.05) is 56.3 Å². The van der Waals surface area contributed by atoms with Crippen LogP contribution in [0.15, 0.2) is 64.4 Å². The van der Waals surface area contributed by atoms with Gasteiger partial charge in [-0.3, -0.25) is 14.5 Å². The summed E-state index contributed by atoms with van der Waals surface area (Å²) in [6.45, 7) is 8.38. The molecule has 1 aliphatic heterocycles. The quantitative estimate of drug-likeness (QED) is 0.374. The fourth-order valence-electron chi connectivity index (χ4n) is 3.50. The average molecular weight is 490 g/mol. The number of nitrogens with zero attached hydrogens (tertiary/aromatic N) is 1. The molecule has 0 bridgehead atoms. The lowest BCUT2D eigenvalue weighted by Gasteiger charge is -2.40. The van der Waals surface area contributed by atoms with Gasteiger partial charge in [0.1, 0.15) is 0 Å². The van der Waals surface area contributed by atoms with E-state index in [-0.39, 0.29) is 18.0 Å². The Balaban J connectivity index is 1.66. The minimum Gasteiger partial charge on any atom is -0.379 e. The fourth-order valence-corrected chi connectivity index (χ4v) is 4.82. The molecular weight excluding hydrogens is 462 g/mol. The summed E-state index contributed by atoms with van der Waals surface area (Å²) in [4.78, 5) is 30.6. The molecule has 30 heavy (non-hydrogen) atoms. The van der Waals surface area contributed by atoms with Crippen LogP contribution >= 0.6 is 27.7 Å². The summed E-state index contributed by atoms with van der Waals surface area (Å²) in [5.41, 5.74) is -0.0290. The highest BCUT2D eigenvalue weighted by molar-refractivity contribution is 9.10. The summed E-state index contributed by atoms with van der Waals surface area (Å²) >= 11 is 5.21. The van der Waals surface area contributed by atoms with Gasteiger partial charge in [0, 0.05) is 34.9 Å². The van der Waals surface area contributed by atoms with Gasteiger partial charge in [0.15, 0.2) is 11.6 Å². The molecule has 1 fully saturated rings. The second-order valence-corrected chi connectivity index (χ2v) is 11.1. The zero-order chi connectivity index (χ0) is 21.8. The van der Waals surface area contributed by atoms with Gasteiger partial charge in [-0.25, -0.2) is 0 Å². The number of ketones is 2. The number of halogens is 1. The van der Waals surface area contributed by atoms with Crippen molar-refractivity contribution >= 4 is 39.3 Å². The van der Waals surface area contributed by atoms with Crippen molar-refractivity contribution in [2.45, 2.75) is 46.8 Å². The van der Waals surface area contributed by atoms with Crippen molar-refractivity contribution in [1.82, 2.24) is 4.90 Å². The maximum absolute atomic E-state index is 13.1. The number of rotatable bonds is 8. The summed E-state index contributed by atoms with van der Waals surface area (Å²) in [6.07, 6.45) is 0.136. The van der Waals surface area contributed by atoms with Gasteiger partial charge in [-0.1, -0.05) is 58.0 Å². The Labute approximate surface area is 191 Å². The van der Waals surface area contributed by atoms with Crippen LogP contribution in [0.25, 0.3) is 0 Å². The molecule has 3 rings (SSSR count). The standard InChI is InChI=1S/C24H28BrNO3S/c1-23(2,26-13-15-29-16-14-26)21(27)17-24(3,25)22(28)18-9-11-20(12-10-18)30-19-7-5-4-6-8-19/h4-12H,13-17H2,1-3H3. The lowest BCUT2D eigenvalue weighted by molar-refractivity contribution is -0.132. The third-order valence-electron chi connectivity index (χ3n) is 5.55. The predicted molar refractivity (Wildman–Crippen MR) is 125 cm³/mol. The highest BCUT2D eigenvalue weighted by atomic mass is 79.9. The largest absolute Gasteiger partial charge is 0.379 e. The number of Topliss-reactive ketones (excluding diaryl/α,β-unsaturated/α-hetero) is 2. The zero-order valence-electron chi connectivity index (χ0n) is 17.7. The lowest BCUT2D eigenvalue weighted by Crippen LogP contribution is -2.55. The SMILES string of the molecule is CC(Br)(CC(=O)C(C)(C)N1CCOCC1)C(=O)c1ccc(Sc2ccccc2)cc1. The van der Waals surface area contributed by atoms with Crippen LogP contribution in [0.3, 0.4) is 0 Å². The number of ether oxygens (including phenoxy) is 1. The van der Waals surface area contributed by atoms with Crippen LogP contribution in [0, 0.1) is 0 Å². The van der Waals surface area contributed by atoms with E-state index in [0.717, 1.165) is 22.9 Å². The summed E-state index contributed by atoms with van der Waals surface area (Å²) in [5, 5.41) is 0. The van der Waals surface area contributed by atoms with Gasteiger partial charge in [0.25, 0.3) is 0 Å². The normalized spacial score (nSPS) is 17.3. The van der Waals surface area contributed by atoms with Crippen LogP contribution in [0.4, 0.5) is 0 Å². The van der Waals surface area contributed by atoms with Crippen molar-refractivity contribution in [1.29, 1.82) is 0 Å². The molecule has 1 aliphatic rings. The first kappa shape index (κ1) is 23.2. The van der Waals surface area contributed by atoms with E-state index in [2.05, 4.69) is 33.0 Å². The van der Waals surface area contributed by atoms with Gasteiger partial charge in [0.05, 0.1) is 23.1 Å². The minimum absolute atomic E-state index is 0.0494. The first-order valence-electron chi connectivity index (χ1n) is 10.1. The van der Waals surface area contributed by atoms with Crippen LogP contribution < -0.4 is 0 Å². The van der Waals surface area contributed by atoms with Crippen molar-refractivity contribution in [3.63, 3.8) is 0 Å². The number of hydrogen-bond acceptors (Lipinski definition) is 5. The number of carbonyl (C=O) groups excluding carboxylic acids is 2. The molecule has 0 amide bonds. The zero-order valence-corrected chi connectivity index (χ0v) is 20.1. The van der Waals surface area contributed by atoms with E-state index in [0.29, 0.717) is 18.8 Å². The van der Waals surface area contributed by atoms with Gasteiger partial charge < -0.3 is 4.74 Å². The smallest absolute Gasteiger partial charge is 0.179 e. The van der Waals surface area contributed by atoms with Crippen LogP contribution in [0.2, 0.25) is 0 Å². The molecule has 0 saturated carbocycles. The van der Waals surface area contributed by atoms with Crippen LogP contribution in [-0.2, 0) is 9.53 Å². The molecule has 1 unspecified atom stereocenters. The first-order chi connectivity index (χ1) is 14.2. The van der Waals surface area contributed by atoms with Gasteiger partial charge in [-0.2, -0.15) is 0 Å². The van der Waals surface area contributed by atoms with Gasteiger partial charge in [-0.05, 0) is 45.0 Å². The van der Waals surface area contributed by atoms with E-state index >= 15 is 0 Å². The number of alkyl halides is 1. The van der Waals surface area contributed by atoms with Crippen LogP contribution in [0.1, 0.15) is 37.6 Å². The Bertz CT molecular complexity index is 875. The maximum atomic E-state index is 13.1. The highest BCUT2D eigenvalue weighted by Gasteiger charge is 2.41. The summed E-state index contributed by atoms with van der Waals surface area (Å²) in [5.74, 6) is -0.0294. The molecule has 0 aliphatic carbocycles. The summed E-state index contributed by atoms with van der Waals surface area (Å²) in [6, 6.07) is 17.7. The molecule has 6 heteroatoms. The number of carbonyl (C=O) groups is 2. The lowest BCUT2D eigenvalue weighted by atomic mass is 9.86. The van der Waals surface area contributed by atoms with Crippen LogP contribution in [0.5, 0.6) is 0 Å². The Kier molecular flexibility index (Phi) is 7.56. The second kappa shape index (κ2) is 9.77. The predicted octanol–water partition coefficient (Wildman–Crippen LogP) is 5.24. The van der Waals surface area contributed by atoms with Crippen molar-refractivity contribution in [3.8, 4) is 0 Å². The topological polar surface area (TPSA) is 46.6 Å². The van der Waals surface area contributed by atoms with E-state index in [1.54, 1.807) is 18.7 Å². The average Bonchev–Trinajstić information content (AvgIpc) is 2.75. The first-order valence-corrected chi connectivity index (χ1v) is 11.7. The fraction of sp³-hybridized carbons (Fsp3) is 0.417. The second-order valence-electron chi connectivity index (χ2n) is 8.22. The Morgan fingerprint density at radius 3 is 2.13 bits per heavy atom. The molecule has 0 N–H and O–H groups in total. The number of hydrogen-bond donors (Lipinski definition) is 0. The van der Waals surface area contributed by atoms with Crippen molar-refractivity contribution < 1.29 is 14.3 Å². The van der Waals surface area contributed by atoms with E-state index in [9.17, 15) is 9.59 Å². The van der Waals surface area contributed by atoms with Crippen molar-refractivity contribution in [3.05, 3.63) is 60.2 Å². The molecule has 1 heterocycles. The van der Waals surface area contributed by atoms with Gasteiger partial charge in [0.2, 0.25) is 0 Å². The third-order valence-corrected chi connectivity index (χ3v) is 7.20. The molecule has 2 aromatic carbocycles. The molecule has 4 nitrogen and oxygen atoms in total. The number of morpholine rings is 1. The summed E-state index contributed by atoms with van der Waals surface area (Å²) < 4.78 is 4.46. The maximum Gasteiger partial charge on any atom is 0.179 e. The van der Waals surface area contributed by atoms with E-state index in [1.165, 1.54) is 0 Å². The highest BCUT2D eigenvalue weighted by Crippen LogP contribution is 2.33. The number of benzene rings is 2. The van der Waals surface area contributed by atoms with Gasteiger partial charge in [-0.15, -0.1) is 0 Å². The van der Waals surface area contributed by atoms with Crippen molar-refractivity contribution in [2.75, 3.05) is 26.3 Å². The third kappa shape index (κ3) is 5.61. The Hall–Kier alpha value is -1.47. The molecule has 160 valence electrons. The Morgan fingerprint density at radius 1 is 0.967 bits per heavy atom. The van der Waals surface area contributed by atoms with Crippen LogP contribution in [-0.4, -0.2) is 52.6 Å². The van der Waals surface area contributed by atoms with E-state index in [4.69, 9.17) is 4.74 Å². The monoisotopic (exact) mass is 489 g/mol. The minimum atomic E-state index is -0.943. The van der Waals surface area contributed by atoms with E-state index < -0.39 is 9.86 Å². The molecule has 0 spiro atoms. The molecule has 2 aromatic rings. The Morgan fingerprint density at radius 2 is 1.53 bits per heavy atom. The molecule has 1 saturated heterocycles. The molecule has 1 atom stereocenters. The summed E-state index contributed by atoms with van der Waals surface area (Å²) in [7, 11) is 0.